The largest absolute Gasteiger partial charge is 0.385 e. The average molecular weight is 376 g/mol. The van der Waals surface area contributed by atoms with Gasteiger partial charge in [0.1, 0.15) is 12.6 Å². The number of anilines is 1. The molecular formula is C20H27N2O3S+. The van der Waals surface area contributed by atoms with Crippen molar-refractivity contribution in [1.82, 2.24) is 0 Å². The van der Waals surface area contributed by atoms with Crippen molar-refractivity contribution < 1.29 is 18.4 Å². The number of hydrogen-bond acceptors (Lipinski definition) is 3. The fourth-order valence-electron chi connectivity index (χ4n) is 3.44. The van der Waals surface area contributed by atoms with E-state index in [4.69, 9.17) is 0 Å². The van der Waals surface area contributed by atoms with Gasteiger partial charge >= 0.3 is 0 Å². The van der Waals surface area contributed by atoms with Crippen molar-refractivity contribution in [3.63, 3.8) is 0 Å². The van der Waals surface area contributed by atoms with E-state index in [1.165, 1.54) is 22.0 Å². The number of aliphatic hydroxyl groups excluding tert-OH is 1. The van der Waals surface area contributed by atoms with Gasteiger partial charge in [-0.2, -0.15) is 0 Å². The lowest BCUT2D eigenvalue weighted by atomic mass is 10.2. The number of rotatable bonds is 7. The number of aliphatic hydroxyl groups is 1. The van der Waals surface area contributed by atoms with Gasteiger partial charge in [-0.05, 0) is 31.2 Å². The summed E-state index contributed by atoms with van der Waals surface area (Å²) in [7, 11) is -3.73. The molecule has 5 nitrogen and oxygen atoms in total. The standard InChI is InChI=1S/C20H26N2O3S/c1-17-9-11-18(12-10-17)22(16-19(23)15-21-13-5-6-14-21)26(24,25)20-7-3-2-4-8-20/h2-4,7-12,19,23H,5-6,13-16H2,1H3/p+1. The zero-order chi connectivity index (χ0) is 18.6. The third-order valence-electron chi connectivity index (χ3n) is 4.86. The summed E-state index contributed by atoms with van der Waals surface area (Å²) in [6, 6.07) is 15.8. The summed E-state index contributed by atoms with van der Waals surface area (Å²) < 4.78 is 27.7. The molecule has 0 saturated carbocycles. The Morgan fingerprint density at radius 1 is 1.04 bits per heavy atom. The molecule has 6 heteroatoms. The molecule has 1 fully saturated rings. The van der Waals surface area contributed by atoms with Crippen LogP contribution in [-0.4, -0.2) is 45.8 Å². The monoisotopic (exact) mass is 375 g/mol. The van der Waals surface area contributed by atoms with Gasteiger partial charge in [-0.15, -0.1) is 0 Å². The van der Waals surface area contributed by atoms with Crippen molar-refractivity contribution >= 4 is 15.7 Å². The van der Waals surface area contributed by atoms with Crippen LogP contribution in [0.15, 0.2) is 59.5 Å². The molecule has 1 saturated heterocycles. The molecule has 2 aromatic rings. The minimum Gasteiger partial charge on any atom is -0.385 e. The van der Waals surface area contributed by atoms with Crippen LogP contribution in [0.4, 0.5) is 5.69 Å². The number of likely N-dealkylation sites (tertiary alicyclic amines) is 1. The highest BCUT2D eigenvalue weighted by Gasteiger charge is 2.29. The fraction of sp³-hybridized carbons (Fsp3) is 0.400. The first-order chi connectivity index (χ1) is 12.5. The Kier molecular flexibility index (Phi) is 5.96. The normalized spacial score (nSPS) is 16.5. The van der Waals surface area contributed by atoms with Gasteiger partial charge < -0.3 is 10.0 Å². The Balaban J connectivity index is 1.87. The van der Waals surface area contributed by atoms with Crippen LogP contribution in [0.1, 0.15) is 18.4 Å². The molecule has 0 aliphatic carbocycles. The van der Waals surface area contributed by atoms with E-state index < -0.39 is 16.1 Å². The predicted octanol–water partition coefficient (Wildman–Crippen LogP) is 1.23. The minimum atomic E-state index is -3.73. The van der Waals surface area contributed by atoms with Crippen molar-refractivity contribution in [3.05, 3.63) is 60.2 Å². The summed E-state index contributed by atoms with van der Waals surface area (Å²) >= 11 is 0. The summed E-state index contributed by atoms with van der Waals surface area (Å²) in [5.74, 6) is 0. The third-order valence-corrected chi connectivity index (χ3v) is 6.67. The van der Waals surface area contributed by atoms with E-state index in [9.17, 15) is 13.5 Å². The molecule has 140 valence electrons. The maximum Gasteiger partial charge on any atom is 0.264 e. The van der Waals surface area contributed by atoms with Crippen LogP contribution in [0.5, 0.6) is 0 Å². The molecule has 1 unspecified atom stereocenters. The van der Waals surface area contributed by atoms with Crippen molar-refractivity contribution in [2.45, 2.75) is 30.8 Å². The van der Waals surface area contributed by atoms with E-state index in [2.05, 4.69) is 0 Å². The van der Waals surface area contributed by atoms with Gasteiger partial charge in [-0.1, -0.05) is 35.9 Å². The molecule has 0 amide bonds. The Labute approximate surface area is 155 Å². The first kappa shape index (κ1) is 18.9. The Morgan fingerprint density at radius 2 is 1.65 bits per heavy atom. The highest BCUT2D eigenvalue weighted by atomic mass is 32.2. The van der Waals surface area contributed by atoms with Crippen molar-refractivity contribution in [2.24, 2.45) is 0 Å². The zero-order valence-corrected chi connectivity index (χ0v) is 16.0. The second kappa shape index (κ2) is 8.20. The molecule has 1 aliphatic heterocycles. The molecule has 2 N–H and O–H groups in total. The van der Waals surface area contributed by atoms with Crippen LogP contribution in [0.25, 0.3) is 0 Å². The molecule has 0 aromatic heterocycles. The van der Waals surface area contributed by atoms with E-state index >= 15 is 0 Å². The van der Waals surface area contributed by atoms with Crippen LogP contribution >= 0.6 is 0 Å². The van der Waals surface area contributed by atoms with Crippen LogP contribution in [0, 0.1) is 6.92 Å². The van der Waals surface area contributed by atoms with Gasteiger partial charge in [0.05, 0.1) is 30.2 Å². The molecule has 1 heterocycles. The number of nitrogens with zero attached hydrogens (tertiary/aromatic N) is 1. The summed E-state index contributed by atoms with van der Waals surface area (Å²) in [6.45, 7) is 4.70. The average Bonchev–Trinajstić information content (AvgIpc) is 3.14. The number of quaternary nitrogens is 1. The second-order valence-electron chi connectivity index (χ2n) is 7.00. The minimum absolute atomic E-state index is 0.0593. The summed E-state index contributed by atoms with van der Waals surface area (Å²) in [4.78, 5) is 1.58. The molecule has 2 aromatic carbocycles. The quantitative estimate of drug-likeness (QED) is 0.765. The maximum absolute atomic E-state index is 13.2. The van der Waals surface area contributed by atoms with Gasteiger partial charge in [0.25, 0.3) is 10.0 Å². The smallest absolute Gasteiger partial charge is 0.264 e. The summed E-state index contributed by atoms with van der Waals surface area (Å²) in [6.07, 6.45) is 1.64. The zero-order valence-electron chi connectivity index (χ0n) is 15.1. The van der Waals surface area contributed by atoms with Gasteiger partial charge in [-0.3, -0.25) is 4.31 Å². The van der Waals surface area contributed by atoms with E-state index in [0.717, 1.165) is 18.7 Å². The van der Waals surface area contributed by atoms with Crippen LogP contribution in [0.3, 0.4) is 0 Å². The Morgan fingerprint density at radius 3 is 2.27 bits per heavy atom. The predicted molar refractivity (Wildman–Crippen MR) is 103 cm³/mol. The highest BCUT2D eigenvalue weighted by Crippen LogP contribution is 2.24. The Bertz CT molecular complexity index is 801. The Hall–Kier alpha value is -1.89. The lowest BCUT2D eigenvalue weighted by Gasteiger charge is -2.27. The second-order valence-corrected chi connectivity index (χ2v) is 8.86. The van der Waals surface area contributed by atoms with E-state index in [1.807, 2.05) is 19.1 Å². The molecular weight excluding hydrogens is 348 g/mol. The third kappa shape index (κ3) is 4.44. The van der Waals surface area contributed by atoms with Gasteiger partial charge in [0, 0.05) is 12.8 Å². The molecule has 1 aliphatic rings. The van der Waals surface area contributed by atoms with Crippen molar-refractivity contribution in [3.8, 4) is 0 Å². The van der Waals surface area contributed by atoms with E-state index in [0.29, 0.717) is 12.2 Å². The van der Waals surface area contributed by atoms with Crippen molar-refractivity contribution in [2.75, 3.05) is 30.5 Å². The van der Waals surface area contributed by atoms with Crippen LogP contribution < -0.4 is 9.21 Å². The van der Waals surface area contributed by atoms with Gasteiger partial charge in [0.2, 0.25) is 0 Å². The summed E-state index contributed by atoms with van der Waals surface area (Å²) in [5, 5.41) is 10.6. The molecule has 26 heavy (non-hydrogen) atoms. The lowest BCUT2D eigenvalue weighted by Crippen LogP contribution is -3.11. The number of nitrogens with one attached hydrogen (secondary N) is 1. The van der Waals surface area contributed by atoms with Crippen molar-refractivity contribution in [1.29, 1.82) is 0 Å². The first-order valence-electron chi connectivity index (χ1n) is 9.13. The number of benzene rings is 2. The van der Waals surface area contributed by atoms with E-state index in [-0.39, 0.29) is 11.4 Å². The molecule has 3 rings (SSSR count). The molecule has 0 bridgehead atoms. The molecule has 1 atom stereocenters. The van der Waals surface area contributed by atoms with Gasteiger partial charge in [-0.25, -0.2) is 8.42 Å². The number of sulfonamides is 1. The molecule has 0 spiro atoms. The van der Waals surface area contributed by atoms with Gasteiger partial charge in [0.15, 0.2) is 0 Å². The van der Waals surface area contributed by atoms with Crippen LogP contribution in [0.2, 0.25) is 0 Å². The number of hydrogen-bond donors (Lipinski definition) is 2. The van der Waals surface area contributed by atoms with E-state index in [1.54, 1.807) is 42.5 Å². The fourth-order valence-corrected chi connectivity index (χ4v) is 4.96. The lowest BCUT2D eigenvalue weighted by molar-refractivity contribution is -0.890. The topological polar surface area (TPSA) is 62.1 Å². The summed E-state index contributed by atoms with van der Waals surface area (Å²) in [5.41, 5.74) is 1.64. The maximum atomic E-state index is 13.2. The molecule has 0 radical (unpaired) electrons. The van der Waals surface area contributed by atoms with Crippen LogP contribution in [-0.2, 0) is 10.0 Å². The SMILES string of the molecule is Cc1ccc(N(CC(O)C[NH+]2CCCC2)S(=O)(=O)c2ccccc2)cc1. The number of aryl methyl sites for hydroxylation is 1. The highest BCUT2D eigenvalue weighted by molar-refractivity contribution is 7.92. The first-order valence-corrected chi connectivity index (χ1v) is 10.6.